The molecule has 1 saturated heterocycles. The maximum Gasteiger partial charge on any atom is 0.0947 e. The second-order valence-corrected chi connectivity index (χ2v) is 4.63. The zero-order chi connectivity index (χ0) is 10.7. The Morgan fingerprint density at radius 1 is 1.60 bits per heavy atom. The lowest BCUT2D eigenvalue weighted by molar-refractivity contribution is 0.126. The van der Waals surface area contributed by atoms with Crippen LogP contribution in [0.4, 0.5) is 0 Å². The Bertz CT molecular complexity index is 284. The fourth-order valence-electron chi connectivity index (χ4n) is 2.32. The van der Waals surface area contributed by atoms with Gasteiger partial charge in [-0.05, 0) is 37.4 Å². The van der Waals surface area contributed by atoms with E-state index >= 15 is 0 Å². The average molecular weight is 208 g/mol. The fourth-order valence-corrected chi connectivity index (χ4v) is 2.32. The molecule has 2 atom stereocenters. The first kappa shape index (κ1) is 10.7. The van der Waals surface area contributed by atoms with Gasteiger partial charge in [0.15, 0.2) is 0 Å². The van der Waals surface area contributed by atoms with E-state index in [9.17, 15) is 0 Å². The van der Waals surface area contributed by atoms with Gasteiger partial charge in [-0.1, -0.05) is 6.92 Å². The molecule has 1 fully saturated rings. The Morgan fingerprint density at radius 3 is 3.13 bits per heavy atom. The Balaban J connectivity index is 1.89. The first-order valence-electron chi connectivity index (χ1n) is 5.73. The van der Waals surface area contributed by atoms with Crippen LogP contribution in [-0.2, 0) is 6.54 Å². The minimum atomic E-state index is 0.658. The molecule has 0 bridgehead atoms. The maximum atomic E-state index is 5.78. The van der Waals surface area contributed by atoms with Gasteiger partial charge in [0, 0.05) is 18.7 Å². The molecule has 0 radical (unpaired) electrons. The number of nitrogens with two attached hydrogens (primary N) is 1. The molecule has 2 heterocycles. The Kier molecular flexibility index (Phi) is 3.44. The van der Waals surface area contributed by atoms with Gasteiger partial charge in [-0.15, -0.1) is 0 Å². The normalized spacial score (nSPS) is 28.1. The van der Waals surface area contributed by atoms with Gasteiger partial charge >= 0.3 is 0 Å². The van der Waals surface area contributed by atoms with E-state index in [1.807, 2.05) is 12.3 Å². The number of nitrogens with zero attached hydrogens (tertiary/aromatic N) is 1. The number of likely N-dealkylation sites (tertiary alicyclic amines) is 1. The summed E-state index contributed by atoms with van der Waals surface area (Å²) < 4.78 is 5.08. The first-order valence-corrected chi connectivity index (χ1v) is 5.73. The van der Waals surface area contributed by atoms with Crippen LogP contribution in [0.1, 0.15) is 18.9 Å². The van der Waals surface area contributed by atoms with Gasteiger partial charge in [-0.25, -0.2) is 0 Å². The van der Waals surface area contributed by atoms with E-state index in [-0.39, 0.29) is 0 Å². The Hall–Kier alpha value is -0.800. The SMILES string of the molecule is CC1CCN(Cc2ccoc2)CC1CN. The first-order chi connectivity index (χ1) is 7.29. The summed E-state index contributed by atoms with van der Waals surface area (Å²) >= 11 is 0. The molecule has 1 aromatic rings. The topological polar surface area (TPSA) is 42.4 Å². The molecule has 0 aromatic carbocycles. The second-order valence-electron chi connectivity index (χ2n) is 4.63. The van der Waals surface area contributed by atoms with Gasteiger partial charge in [0.1, 0.15) is 0 Å². The standard InChI is InChI=1S/C12H20N2O/c1-10-2-4-14(8-12(10)6-13)7-11-3-5-15-9-11/h3,5,9-10,12H,2,4,6-8,13H2,1H3. The monoisotopic (exact) mass is 208 g/mol. The summed E-state index contributed by atoms with van der Waals surface area (Å²) in [6, 6.07) is 2.04. The van der Waals surface area contributed by atoms with Crippen LogP contribution in [0.5, 0.6) is 0 Å². The summed E-state index contributed by atoms with van der Waals surface area (Å²) in [5.74, 6) is 1.43. The van der Waals surface area contributed by atoms with Crippen LogP contribution in [0.3, 0.4) is 0 Å². The van der Waals surface area contributed by atoms with Crippen molar-refractivity contribution >= 4 is 0 Å². The highest BCUT2D eigenvalue weighted by molar-refractivity contribution is 5.05. The van der Waals surface area contributed by atoms with Crippen LogP contribution in [0.25, 0.3) is 0 Å². The highest BCUT2D eigenvalue weighted by Crippen LogP contribution is 2.23. The summed E-state index contributed by atoms with van der Waals surface area (Å²) in [7, 11) is 0. The number of piperidine rings is 1. The summed E-state index contributed by atoms with van der Waals surface area (Å²) in [6.07, 6.45) is 4.83. The maximum absolute atomic E-state index is 5.78. The van der Waals surface area contributed by atoms with E-state index in [0.29, 0.717) is 5.92 Å². The third kappa shape index (κ3) is 2.61. The van der Waals surface area contributed by atoms with Gasteiger partial charge in [-0.3, -0.25) is 4.90 Å². The zero-order valence-electron chi connectivity index (χ0n) is 9.36. The van der Waals surface area contributed by atoms with E-state index < -0.39 is 0 Å². The Morgan fingerprint density at radius 2 is 2.47 bits per heavy atom. The van der Waals surface area contributed by atoms with Crippen molar-refractivity contribution in [2.75, 3.05) is 19.6 Å². The quantitative estimate of drug-likeness (QED) is 0.822. The van der Waals surface area contributed by atoms with Crippen molar-refractivity contribution in [3.63, 3.8) is 0 Å². The van der Waals surface area contributed by atoms with Crippen molar-refractivity contribution < 1.29 is 4.42 Å². The van der Waals surface area contributed by atoms with Gasteiger partial charge < -0.3 is 10.2 Å². The predicted molar refractivity (Wildman–Crippen MR) is 60.3 cm³/mol. The molecule has 3 nitrogen and oxygen atoms in total. The molecule has 2 rings (SSSR count). The third-order valence-corrected chi connectivity index (χ3v) is 3.49. The lowest BCUT2D eigenvalue weighted by Crippen LogP contribution is -2.42. The van der Waals surface area contributed by atoms with E-state index in [0.717, 1.165) is 25.6 Å². The van der Waals surface area contributed by atoms with Crippen LogP contribution in [0.2, 0.25) is 0 Å². The van der Waals surface area contributed by atoms with E-state index in [2.05, 4.69) is 11.8 Å². The number of rotatable bonds is 3. The molecule has 3 heteroatoms. The van der Waals surface area contributed by atoms with E-state index in [1.54, 1.807) is 6.26 Å². The van der Waals surface area contributed by atoms with E-state index in [1.165, 1.54) is 18.5 Å². The highest BCUT2D eigenvalue weighted by atomic mass is 16.3. The summed E-state index contributed by atoms with van der Waals surface area (Å²) in [4.78, 5) is 2.47. The van der Waals surface area contributed by atoms with Crippen LogP contribution in [0.15, 0.2) is 23.0 Å². The molecule has 1 aliphatic rings. The fraction of sp³-hybridized carbons (Fsp3) is 0.667. The van der Waals surface area contributed by atoms with Crippen LogP contribution in [0, 0.1) is 11.8 Å². The van der Waals surface area contributed by atoms with Gasteiger partial charge in [0.25, 0.3) is 0 Å². The summed E-state index contributed by atoms with van der Waals surface area (Å²) in [6.45, 7) is 6.43. The predicted octanol–water partition coefficient (Wildman–Crippen LogP) is 1.70. The molecule has 0 aliphatic carbocycles. The lowest BCUT2D eigenvalue weighted by atomic mass is 9.87. The minimum Gasteiger partial charge on any atom is -0.472 e. The highest BCUT2D eigenvalue weighted by Gasteiger charge is 2.24. The van der Waals surface area contributed by atoms with Crippen molar-refractivity contribution in [1.29, 1.82) is 0 Å². The van der Waals surface area contributed by atoms with Crippen molar-refractivity contribution in [1.82, 2.24) is 4.90 Å². The lowest BCUT2D eigenvalue weighted by Gasteiger charge is -2.36. The molecular formula is C12H20N2O. The van der Waals surface area contributed by atoms with Crippen LogP contribution in [-0.4, -0.2) is 24.5 Å². The van der Waals surface area contributed by atoms with Crippen LogP contribution >= 0.6 is 0 Å². The number of hydrogen-bond acceptors (Lipinski definition) is 3. The second kappa shape index (κ2) is 4.81. The van der Waals surface area contributed by atoms with Gasteiger partial charge in [0.05, 0.1) is 12.5 Å². The molecule has 15 heavy (non-hydrogen) atoms. The van der Waals surface area contributed by atoms with Crippen molar-refractivity contribution in [2.24, 2.45) is 17.6 Å². The molecule has 0 amide bonds. The molecule has 0 saturated carbocycles. The minimum absolute atomic E-state index is 0.658. The molecule has 0 spiro atoms. The molecule has 1 aliphatic heterocycles. The Labute approximate surface area is 91.2 Å². The third-order valence-electron chi connectivity index (χ3n) is 3.49. The molecular weight excluding hydrogens is 188 g/mol. The van der Waals surface area contributed by atoms with Gasteiger partial charge in [0.2, 0.25) is 0 Å². The largest absolute Gasteiger partial charge is 0.472 e. The molecule has 2 unspecified atom stereocenters. The molecule has 1 aromatic heterocycles. The average Bonchev–Trinajstić information content (AvgIpc) is 2.73. The summed E-state index contributed by atoms with van der Waals surface area (Å²) in [5.41, 5.74) is 7.05. The molecule has 84 valence electrons. The van der Waals surface area contributed by atoms with Crippen LogP contribution < -0.4 is 5.73 Å². The smallest absolute Gasteiger partial charge is 0.0947 e. The summed E-state index contributed by atoms with van der Waals surface area (Å²) in [5, 5.41) is 0. The van der Waals surface area contributed by atoms with Crippen molar-refractivity contribution in [2.45, 2.75) is 19.9 Å². The van der Waals surface area contributed by atoms with E-state index in [4.69, 9.17) is 10.2 Å². The van der Waals surface area contributed by atoms with Crippen molar-refractivity contribution in [3.8, 4) is 0 Å². The number of furan rings is 1. The van der Waals surface area contributed by atoms with Crippen molar-refractivity contribution in [3.05, 3.63) is 24.2 Å². The molecule has 2 N–H and O–H groups in total. The van der Waals surface area contributed by atoms with Gasteiger partial charge in [-0.2, -0.15) is 0 Å². The zero-order valence-corrected chi connectivity index (χ0v) is 9.36. The number of hydrogen-bond donors (Lipinski definition) is 1.